The number of piperidine rings is 1. The van der Waals surface area contributed by atoms with Gasteiger partial charge in [-0.2, -0.15) is 0 Å². The van der Waals surface area contributed by atoms with Crippen molar-refractivity contribution in [3.05, 3.63) is 59.4 Å². The number of aromatic nitrogens is 6. The molecule has 0 aromatic carbocycles. The Labute approximate surface area is 161 Å². The molecule has 0 unspecified atom stereocenters. The van der Waals surface area contributed by atoms with Crippen LogP contribution in [0.25, 0.3) is 0 Å². The van der Waals surface area contributed by atoms with Gasteiger partial charge < -0.3 is 14.0 Å². The molecule has 1 aliphatic heterocycles. The van der Waals surface area contributed by atoms with Gasteiger partial charge in [-0.25, -0.2) is 4.98 Å². The van der Waals surface area contributed by atoms with Gasteiger partial charge in [0.05, 0.1) is 23.5 Å². The number of imidazole rings is 1. The predicted octanol–water partition coefficient (Wildman–Crippen LogP) is 2.13. The third-order valence-corrected chi connectivity index (χ3v) is 5.11. The quantitative estimate of drug-likeness (QED) is 0.687. The van der Waals surface area contributed by atoms with Crippen molar-refractivity contribution in [3.8, 4) is 0 Å². The van der Waals surface area contributed by atoms with E-state index in [1.807, 2.05) is 27.3 Å². The molecule has 0 radical (unpaired) electrons. The maximum Gasteiger partial charge on any atom is 0.255 e. The molecule has 27 heavy (non-hydrogen) atoms. The van der Waals surface area contributed by atoms with Crippen molar-refractivity contribution in [1.29, 1.82) is 0 Å². The van der Waals surface area contributed by atoms with Gasteiger partial charge in [-0.1, -0.05) is 11.6 Å². The monoisotopic (exact) mass is 385 g/mol. The number of likely N-dealkylation sites (tertiary alicyclic amines) is 1. The molecule has 3 aromatic rings. The van der Waals surface area contributed by atoms with E-state index in [1.54, 1.807) is 24.8 Å². The van der Waals surface area contributed by atoms with Crippen molar-refractivity contribution in [1.82, 2.24) is 34.2 Å². The summed E-state index contributed by atoms with van der Waals surface area (Å²) in [5.41, 5.74) is 0.516. The van der Waals surface area contributed by atoms with Crippen LogP contribution in [0.2, 0.25) is 5.02 Å². The van der Waals surface area contributed by atoms with Crippen LogP contribution >= 0.6 is 11.6 Å². The fourth-order valence-electron chi connectivity index (χ4n) is 3.50. The molecular weight excluding hydrogens is 366 g/mol. The summed E-state index contributed by atoms with van der Waals surface area (Å²) >= 11 is 5.97. The summed E-state index contributed by atoms with van der Waals surface area (Å²) < 4.78 is 3.98. The first kappa shape index (κ1) is 17.7. The maximum absolute atomic E-state index is 12.8. The number of carbonyl (C=O) groups excluding carboxylic acids is 1. The van der Waals surface area contributed by atoms with Crippen molar-refractivity contribution >= 4 is 17.5 Å². The third kappa shape index (κ3) is 3.71. The van der Waals surface area contributed by atoms with Crippen LogP contribution in [0.15, 0.2) is 37.2 Å². The lowest BCUT2D eigenvalue weighted by molar-refractivity contribution is 0.0703. The van der Waals surface area contributed by atoms with Gasteiger partial charge in [0.2, 0.25) is 0 Å². The van der Waals surface area contributed by atoms with Gasteiger partial charge in [0.25, 0.3) is 5.91 Å². The molecule has 0 spiro atoms. The molecule has 0 bridgehead atoms. The Morgan fingerprint density at radius 1 is 1.30 bits per heavy atom. The van der Waals surface area contributed by atoms with Crippen LogP contribution in [-0.4, -0.2) is 53.2 Å². The Kier molecular flexibility index (Phi) is 4.89. The number of carbonyl (C=O) groups is 1. The van der Waals surface area contributed by atoms with Crippen LogP contribution < -0.4 is 0 Å². The summed E-state index contributed by atoms with van der Waals surface area (Å²) in [6, 6.07) is 1.66. The van der Waals surface area contributed by atoms with Crippen LogP contribution in [0.4, 0.5) is 0 Å². The second-order valence-corrected chi connectivity index (χ2v) is 7.19. The molecule has 0 N–H and O–H groups in total. The second kappa shape index (κ2) is 7.48. The SMILES string of the molecule is Cn1c(Cn2ccnc2)nnc1[C@@H]1CCCN(C(=O)c2cncc(Cl)c2)C1. The molecular formula is C18H20ClN7O. The fraction of sp³-hybridized carbons (Fsp3) is 0.389. The summed E-state index contributed by atoms with van der Waals surface area (Å²) in [6.07, 6.45) is 10.4. The minimum absolute atomic E-state index is 0.0458. The normalized spacial score (nSPS) is 17.3. The van der Waals surface area contributed by atoms with Gasteiger partial charge in [-0.3, -0.25) is 9.78 Å². The van der Waals surface area contributed by atoms with Crippen LogP contribution in [0.5, 0.6) is 0 Å². The van der Waals surface area contributed by atoms with E-state index in [4.69, 9.17) is 11.6 Å². The molecule has 4 rings (SSSR count). The van der Waals surface area contributed by atoms with Crippen molar-refractivity contribution in [2.45, 2.75) is 25.3 Å². The highest BCUT2D eigenvalue weighted by molar-refractivity contribution is 6.30. The van der Waals surface area contributed by atoms with Crippen molar-refractivity contribution in [2.75, 3.05) is 13.1 Å². The molecule has 3 aromatic heterocycles. The summed E-state index contributed by atoms with van der Waals surface area (Å²) in [7, 11) is 1.98. The van der Waals surface area contributed by atoms with E-state index < -0.39 is 0 Å². The van der Waals surface area contributed by atoms with Crippen molar-refractivity contribution in [2.24, 2.45) is 7.05 Å². The first-order chi connectivity index (χ1) is 13.1. The van der Waals surface area contributed by atoms with Crippen LogP contribution in [0.3, 0.4) is 0 Å². The van der Waals surface area contributed by atoms with E-state index in [2.05, 4.69) is 20.2 Å². The van der Waals surface area contributed by atoms with E-state index in [0.29, 0.717) is 23.7 Å². The van der Waals surface area contributed by atoms with E-state index >= 15 is 0 Å². The van der Waals surface area contributed by atoms with Crippen molar-refractivity contribution in [3.63, 3.8) is 0 Å². The average Bonchev–Trinajstić information content (AvgIpc) is 3.32. The highest BCUT2D eigenvalue weighted by Gasteiger charge is 2.29. The minimum atomic E-state index is -0.0458. The Bertz CT molecular complexity index is 937. The third-order valence-electron chi connectivity index (χ3n) is 4.91. The predicted molar refractivity (Wildman–Crippen MR) is 99.5 cm³/mol. The molecule has 1 fully saturated rings. The summed E-state index contributed by atoms with van der Waals surface area (Å²) in [5, 5.41) is 9.21. The largest absolute Gasteiger partial charge is 0.338 e. The molecule has 9 heteroatoms. The lowest BCUT2D eigenvalue weighted by atomic mass is 9.96. The van der Waals surface area contributed by atoms with Crippen LogP contribution in [-0.2, 0) is 13.6 Å². The maximum atomic E-state index is 12.8. The first-order valence-corrected chi connectivity index (χ1v) is 9.23. The van der Waals surface area contributed by atoms with Gasteiger partial charge >= 0.3 is 0 Å². The van der Waals surface area contributed by atoms with Crippen LogP contribution in [0, 0.1) is 0 Å². The number of pyridine rings is 1. The summed E-state index contributed by atoms with van der Waals surface area (Å²) in [6.45, 7) is 1.96. The van der Waals surface area contributed by atoms with Gasteiger partial charge in [-0.05, 0) is 18.9 Å². The first-order valence-electron chi connectivity index (χ1n) is 8.85. The molecule has 1 amide bonds. The summed E-state index contributed by atoms with van der Waals surface area (Å²) in [5.74, 6) is 1.89. The second-order valence-electron chi connectivity index (χ2n) is 6.75. The Balaban J connectivity index is 1.50. The van der Waals surface area contributed by atoms with Crippen molar-refractivity contribution < 1.29 is 4.79 Å². The lowest BCUT2D eigenvalue weighted by Gasteiger charge is -2.32. The van der Waals surface area contributed by atoms with Gasteiger partial charge in [0.1, 0.15) is 5.82 Å². The number of hydrogen-bond acceptors (Lipinski definition) is 5. The van der Waals surface area contributed by atoms with Gasteiger partial charge in [0, 0.05) is 50.8 Å². The standard InChI is InChI=1S/C18H20ClN7O/c1-24-16(11-25-6-4-20-12-25)22-23-17(24)13-3-2-5-26(10-13)18(27)14-7-15(19)9-21-8-14/h4,6-9,12-13H,2-3,5,10-11H2,1H3/t13-/m1/s1. The highest BCUT2D eigenvalue weighted by Crippen LogP contribution is 2.27. The average molecular weight is 386 g/mol. The molecule has 1 saturated heterocycles. The Morgan fingerprint density at radius 2 is 2.19 bits per heavy atom. The molecule has 140 valence electrons. The molecule has 1 aliphatic rings. The topological polar surface area (TPSA) is 81.7 Å². The number of nitrogens with zero attached hydrogens (tertiary/aromatic N) is 7. The smallest absolute Gasteiger partial charge is 0.255 e. The highest BCUT2D eigenvalue weighted by atomic mass is 35.5. The fourth-order valence-corrected chi connectivity index (χ4v) is 3.67. The minimum Gasteiger partial charge on any atom is -0.338 e. The van der Waals surface area contributed by atoms with Crippen LogP contribution in [0.1, 0.15) is 40.8 Å². The summed E-state index contributed by atoms with van der Waals surface area (Å²) in [4.78, 5) is 22.7. The Morgan fingerprint density at radius 3 is 2.96 bits per heavy atom. The zero-order chi connectivity index (χ0) is 18.8. The number of halogens is 1. The van der Waals surface area contributed by atoms with E-state index in [-0.39, 0.29) is 11.8 Å². The molecule has 0 aliphatic carbocycles. The number of amides is 1. The number of rotatable bonds is 4. The van der Waals surface area contributed by atoms with E-state index in [1.165, 1.54) is 6.20 Å². The molecule has 4 heterocycles. The lowest BCUT2D eigenvalue weighted by Crippen LogP contribution is -2.39. The van der Waals surface area contributed by atoms with Gasteiger partial charge in [0.15, 0.2) is 5.82 Å². The zero-order valence-electron chi connectivity index (χ0n) is 15.0. The molecule has 8 nitrogen and oxygen atoms in total. The zero-order valence-corrected chi connectivity index (χ0v) is 15.7. The number of hydrogen-bond donors (Lipinski definition) is 0. The molecule has 0 saturated carbocycles. The molecule has 1 atom stereocenters. The van der Waals surface area contributed by atoms with E-state index in [0.717, 1.165) is 31.0 Å². The van der Waals surface area contributed by atoms with Gasteiger partial charge in [-0.15, -0.1) is 10.2 Å². The Hall–Kier alpha value is -2.74. The van der Waals surface area contributed by atoms with E-state index in [9.17, 15) is 4.79 Å².